The van der Waals surface area contributed by atoms with Crippen molar-refractivity contribution in [2.75, 3.05) is 19.6 Å². The first-order valence-corrected chi connectivity index (χ1v) is 9.25. The van der Waals surface area contributed by atoms with E-state index in [4.69, 9.17) is 17.3 Å². The Morgan fingerprint density at radius 3 is 2.73 bits per heavy atom. The zero-order chi connectivity index (χ0) is 19.0. The van der Waals surface area contributed by atoms with Gasteiger partial charge in [0.2, 0.25) is 11.8 Å². The highest BCUT2D eigenvalue weighted by Gasteiger charge is 2.34. The molecule has 3 rings (SSSR count). The van der Waals surface area contributed by atoms with Crippen LogP contribution in [0.2, 0.25) is 5.02 Å². The molecule has 140 valence electrons. The maximum Gasteiger partial charge on any atom is 0.236 e. The van der Waals surface area contributed by atoms with E-state index in [0.29, 0.717) is 24.7 Å². The van der Waals surface area contributed by atoms with Crippen LogP contribution in [0.25, 0.3) is 10.9 Å². The van der Waals surface area contributed by atoms with E-state index in [0.717, 1.165) is 22.2 Å². The van der Waals surface area contributed by atoms with Crippen LogP contribution in [0, 0.1) is 6.92 Å². The maximum atomic E-state index is 12.9. The summed E-state index contributed by atoms with van der Waals surface area (Å²) in [5.74, 6) is -0.380. The molecule has 0 unspecified atom stereocenters. The monoisotopic (exact) mass is 376 g/mol. The minimum atomic E-state index is -0.439. The SMILES string of the molecule is Cc1[nH]c2ccc(Cl)cc2c1CC(=O)N1CCN(C(C)C)[C@@H](C(N)=O)C1. The van der Waals surface area contributed by atoms with Crippen molar-refractivity contribution in [3.8, 4) is 0 Å². The average Bonchev–Trinajstić information content (AvgIpc) is 2.89. The quantitative estimate of drug-likeness (QED) is 0.857. The summed E-state index contributed by atoms with van der Waals surface area (Å²) in [6.07, 6.45) is 0.277. The third kappa shape index (κ3) is 3.57. The van der Waals surface area contributed by atoms with Crippen LogP contribution < -0.4 is 5.73 Å². The fraction of sp³-hybridized carbons (Fsp3) is 0.474. The van der Waals surface area contributed by atoms with Gasteiger partial charge in [-0.25, -0.2) is 0 Å². The highest BCUT2D eigenvalue weighted by atomic mass is 35.5. The number of halogens is 1. The second kappa shape index (κ2) is 7.29. The van der Waals surface area contributed by atoms with Gasteiger partial charge in [0.25, 0.3) is 0 Å². The Balaban J connectivity index is 1.80. The molecule has 0 aliphatic carbocycles. The Kier molecular flexibility index (Phi) is 5.25. The first-order valence-electron chi connectivity index (χ1n) is 8.87. The van der Waals surface area contributed by atoms with E-state index in [2.05, 4.69) is 9.88 Å². The predicted molar refractivity (Wildman–Crippen MR) is 103 cm³/mol. The van der Waals surface area contributed by atoms with Crippen molar-refractivity contribution >= 4 is 34.3 Å². The van der Waals surface area contributed by atoms with E-state index in [1.807, 2.05) is 39.0 Å². The Labute approximate surface area is 158 Å². The molecule has 0 radical (unpaired) electrons. The molecule has 0 saturated carbocycles. The number of primary amides is 1. The van der Waals surface area contributed by atoms with E-state index in [-0.39, 0.29) is 24.3 Å². The molecule has 6 nitrogen and oxygen atoms in total. The third-order valence-corrected chi connectivity index (χ3v) is 5.41. The van der Waals surface area contributed by atoms with Gasteiger partial charge >= 0.3 is 0 Å². The van der Waals surface area contributed by atoms with Gasteiger partial charge in [-0.05, 0) is 44.5 Å². The van der Waals surface area contributed by atoms with Crippen molar-refractivity contribution < 1.29 is 9.59 Å². The van der Waals surface area contributed by atoms with E-state index in [1.54, 1.807) is 4.90 Å². The predicted octanol–water partition coefficient (Wildman–Crippen LogP) is 2.08. The molecule has 2 heterocycles. The van der Waals surface area contributed by atoms with E-state index in [9.17, 15) is 9.59 Å². The minimum Gasteiger partial charge on any atom is -0.368 e. The largest absolute Gasteiger partial charge is 0.368 e. The summed E-state index contributed by atoms with van der Waals surface area (Å²) in [6.45, 7) is 7.62. The standard InChI is InChI=1S/C19H25ClN4O2/c1-11(2)24-7-6-23(10-17(24)19(21)26)18(25)9-14-12(3)22-16-5-4-13(20)8-15(14)16/h4-5,8,11,17,22H,6-7,9-10H2,1-3H3,(H2,21,26)/t17-/m1/s1. The van der Waals surface area contributed by atoms with Crippen LogP contribution in [0.3, 0.4) is 0 Å². The number of benzene rings is 1. The lowest BCUT2D eigenvalue weighted by Crippen LogP contribution is -2.61. The topological polar surface area (TPSA) is 82.4 Å². The van der Waals surface area contributed by atoms with Crippen LogP contribution in [0.5, 0.6) is 0 Å². The number of aromatic nitrogens is 1. The lowest BCUT2D eigenvalue weighted by molar-refractivity contribution is -0.137. The fourth-order valence-corrected chi connectivity index (χ4v) is 3.91. The van der Waals surface area contributed by atoms with Gasteiger partial charge in [-0.1, -0.05) is 11.6 Å². The summed E-state index contributed by atoms with van der Waals surface area (Å²) in [4.78, 5) is 31.8. The smallest absolute Gasteiger partial charge is 0.236 e. The van der Waals surface area contributed by atoms with Crippen molar-refractivity contribution in [1.82, 2.24) is 14.8 Å². The molecule has 3 N–H and O–H groups in total. The van der Waals surface area contributed by atoms with Gasteiger partial charge < -0.3 is 15.6 Å². The molecule has 26 heavy (non-hydrogen) atoms. The number of H-pyrrole nitrogens is 1. The lowest BCUT2D eigenvalue weighted by atomic mass is 10.0. The number of nitrogens with zero attached hydrogens (tertiary/aromatic N) is 2. The van der Waals surface area contributed by atoms with Crippen LogP contribution in [0.1, 0.15) is 25.1 Å². The summed E-state index contributed by atoms with van der Waals surface area (Å²) in [5.41, 5.74) is 8.45. The molecule has 1 aromatic carbocycles. The van der Waals surface area contributed by atoms with Gasteiger partial charge in [0, 0.05) is 47.3 Å². The number of nitrogens with one attached hydrogen (secondary N) is 1. The van der Waals surface area contributed by atoms with Crippen LogP contribution >= 0.6 is 11.6 Å². The Morgan fingerprint density at radius 2 is 2.08 bits per heavy atom. The highest BCUT2D eigenvalue weighted by molar-refractivity contribution is 6.31. The zero-order valence-corrected chi connectivity index (χ0v) is 16.1. The van der Waals surface area contributed by atoms with Gasteiger partial charge in [0.1, 0.15) is 6.04 Å². The van der Waals surface area contributed by atoms with Crippen molar-refractivity contribution in [3.05, 3.63) is 34.5 Å². The number of carbonyl (C=O) groups is 2. The Morgan fingerprint density at radius 1 is 1.35 bits per heavy atom. The first-order chi connectivity index (χ1) is 12.3. The number of amides is 2. The van der Waals surface area contributed by atoms with Gasteiger partial charge in [0.15, 0.2) is 0 Å². The number of aromatic amines is 1. The second-order valence-corrected chi connectivity index (χ2v) is 7.62. The van der Waals surface area contributed by atoms with Crippen molar-refractivity contribution in [2.24, 2.45) is 5.73 Å². The maximum absolute atomic E-state index is 12.9. The molecule has 1 fully saturated rings. The number of carbonyl (C=O) groups excluding carboxylic acids is 2. The fourth-order valence-electron chi connectivity index (χ4n) is 3.74. The van der Waals surface area contributed by atoms with Crippen LogP contribution in [-0.2, 0) is 16.0 Å². The summed E-state index contributed by atoms with van der Waals surface area (Å²) < 4.78 is 0. The summed E-state index contributed by atoms with van der Waals surface area (Å²) in [6, 6.07) is 5.40. The zero-order valence-electron chi connectivity index (χ0n) is 15.4. The summed E-state index contributed by atoms with van der Waals surface area (Å²) in [5, 5.41) is 1.61. The number of hydrogen-bond donors (Lipinski definition) is 2. The van der Waals surface area contributed by atoms with E-state index >= 15 is 0 Å². The lowest BCUT2D eigenvalue weighted by Gasteiger charge is -2.42. The summed E-state index contributed by atoms with van der Waals surface area (Å²) in [7, 11) is 0. The van der Waals surface area contributed by atoms with Gasteiger partial charge in [-0.3, -0.25) is 14.5 Å². The van der Waals surface area contributed by atoms with Crippen molar-refractivity contribution in [3.63, 3.8) is 0 Å². The number of aryl methyl sites for hydroxylation is 1. The third-order valence-electron chi connectivity index (χ3n) is 5.18. The molecule has 7 heteroatoms. The highest BCUT2D eigenvalue weighted by Crippen LogP contribution is 2.26. The van der Waals surface area contributed by atoms with Crippen LogP contribution in [-0.4, -0.2) is 58.3 Å². The molecule has 1 aliphatic rings. The molecule has 1 saturated heterocycles. The average molecular weight is 377 g/mol. The van der Waals surface area contributed by atoms with E-state index < -0.39 is 6.04 Å². The summed E-state index contributed by atoms with van der Waals surface area (Å²) >= 11 is 6.12. The Bertz CT molecular complexity index is 845. The molecule has 2 aromatic rings. The number of hydrogen-bond acceptors (Lipinski definition) is 3. The van der Waals surface area contributed by atoms with Gasteiger partial charge in [-0.2, -0.15) is 0 Å². The second-order valence-electron chi connectivity index (χ2n) is 7.18. The number of piperazine rings is 1. The minimum absolute atomic E-state index is 0.00336. The first kappa shape index (κ1) is 18.7. The Hall–Kier alpha value is -2.05. The molecule has 2 amide bonds. The molecule has 1 aliphatic heterocycles. The van der Waals surface area contributed by atoms with Crippen molar-refractivity contribution in [2.45, 2.75) is 39.3 Å². The van der Waals surface area contributed by atoms with Gasteiger partial charge in [0.05, 0.1) is 6.42 Å². The molecule has 1 atom stereocenters. The van der Waals surface area contributed by atoms with Crippen molar-refractivity contribution in [1.29, 1.82) is 0 Å². The molecular weight excluding hydrogens is 352 g/mol. The van der Waals surface area contributed by atoms with Crippen LogP contribution in [0.4, 0.5) is 0 Å². The molecule has 0 spiro atoms. The molecule has 1 aromatic heterocycles. The van der Waals surface area contributed by atoms with Crippen LogP contribution in [0.15, 0.2) is 18.2 Å². The number of nitrogens with two attached hydrogens (primary N) is 1. The molecule has 0 bridgehead atoms. The van der Waals surface area contributed by atoms with E-state index in [1.165, 1.54) is 0 Å². The molecular formula is C19H25ClN4O2. The number of rotatable bonds is 4. The number of fused-ring (bicyclic) bond motifs is 1. The normalized spacial score (nSPS) is 18.7. The van der Waals surface area contributed by atoms with Gasteiger partial charge in [-0.15, -0.1) is 0 Å².